The third kappa shape index (κ3) is 4.25. The maximum atomic E-state index is 12.9. The molecule has 1 fully saturated rings. The van der Waals surface area contributed by atoms with Crippen molar-refractivity contribution in [2.45, 2.75) is 25.8 Å². The van der Waals surface area contributed by atoms with E-state index >= 15 is 0 Å². The van der Waals surface area contributed by atoms with Crippen LogP contribution in [0.25, 0.3) is 5.69 Å². The van der Waals surface area contributed by atoms with Gasteiger partial charge in [0.1, 0.15) is 12.1 Å². The first-order valence-electron chi connectivity index (χ1n) is 9.73. The number of aryl methyl sites for hydroxylation is 1. The third-order valence-electron chi connectivity index (χ3n) is 5.03. The first kappa shape index (κ1) is 20.1. The summed E-state index contributed by atoms with van der Waals surface area (Å²) in [5, 5.41) is 14.8. The van der Waals surface area contributed by atoms with Gasteiger partial charge in [-0.15, -0.1) is 0 Å². The molecule has 0 spiro atoms. The summed E-state index contributed by atoms with van der Waals surface area (Å²) in [6.45, 7) is 1.88. The van der Waals surface area contributed by atoms with Crippen molar-refractivity contribution in [1.82, 2.24) is 14.9 Å². The molecule has 2 amide bonds. The Morgan fingerprint density at radius 3 is 2.58 bits per heavy atom. The highest BCUT2D eigenvalue weighted by Crippen LogP contribution is 2.25. The number of aromatic nitrogens is 2. The first-order valence-corrected chi connectivity index (χ1v) is 9.73. The lowest BCUT2D eigenvalue weighted by Gasteiger charge is -2.13. The number of ketones is 1. The van der Waals surface area contributed by atoms with Crippen LogP contribution < -0.4 is 16.4 Å². The van der Waals surface area contributed by atoms with E-state index in [1.807, 2.05) is 13.0 Å². The summed E-state index contributed by atoms with van der Waals surface area (Å²) in [6.07, 6.45) is 3.41. The zero-order valence-electron chi connectivity index (χ0n) is 16.8. The summed E-state index contributed by atoms with van der Waals surface area (Å²) in [4.78, 5) is 40.3. The zero-order valence-corrected chi connectivity index (χ0v) is 16.8. The van der Waals surface area contributed by atoms with E-state index in [1.165, 1.54) is 30.6 Å². The van der Waals surface area contributed by atoms with Gasteiger partial charge in [0.05, 0.1) is 11.3 Å². The van der Waals surface area contributed by atoms with Crippen LogP contribution in [0.3, 0.4) is 0 Å². The first-order chi connectivity index (χ1) is 14.8. The molecule has 0 radical (unpaired) electrons. The number of carbonyl (C=O) groups excluding carboxylic acids is 2. The Balaban J connectivity index is 1.62. The van der Waals surface area contributed by atoms with Gasteiger partial charge in [-0.05, 0) is 49.6 Å². The average molecular weight is 419 g/mol. The summed E-state index contributed by atoms with van der Waals surface area (Å²) in [6, 6.07) is 11.0. The Morgan fingerprint density at radius 1 is 1.13 bits per heavy atom. The number of hydrogen-bond donors (Lipinski definition) is 4. The molecule has 2 aromatic carbocycles. The number of aromatic carboxylic acids is 1. The lowest BCUT2D eigenvalue weighted by Crippen LogP contribution is -2.30. The van der Waals surface area contributed by atoms with E-state index in [0.29, 0.717) is 11.4 Å². The fourth-order valence-electron chi connectivity index (χ4n) is 3.18. The van der Waals surface area contributed by atoms with Crippen LogP contribution in [0.15, 0.2) is 48.8 Å². The number of benzene rings is 2. The number of urea groups is 1. The van der Waals surface area contributed by atoms with Gasteiger partial charge in [-0.3, -0.25) is 9.36 Å². The fourth-order valence-corrected chi connectivity index (χ4v) is 3.18. The van der Waals surface area contributed by atoms with Crippen molar-refractivity contribution in [3.05, 3.63) is 71.2 Å². The molecule has 158 valence electrons. The fraction of sp³-hybridized carbons (Fsp3) is 0.182. The molecule has 0 atom stereocenters. The molecular formula is C22H21N5O4. The molecule has 1 aliphatic rings. The number of rotatable bonds is 6. The molecule has 0 saturated heterocycles. The standard InChI is InChI=1S/C22H21N5O4/c1-12-5-6-16(26-22(31)25-15-7-8-15)10-17(12)27-11-24-18(20(27)23)19(28)13-3-2-4-14(9-13)21(29)30/h2-6,9-11,15H,7-8,23H2,1H3,(H,29,30)(H2,25,26,31). The summed E-state index contributed by atoms with van der Waals surface area (Å²) < 4.78 is 1.56. The Labute approximate surface area is 177 Å². The summed E-state index contributed by atoms with van der Waals surface area (Å²) in [7, 11) is 0. The SMILES string of the molecule is Cc1ccc(NC(=O)NC2CC2)cc1-n1cnc(C(=O)c2cccc(C(=O)O)c2)c1N. The van der Waals surface area contributed by atoms with Gasteiger partial charge in [0, 0.05) is 17.3 Å². The molecule has 0 aliphatic heterocycles. The number of carboxylic acid groups (broad SMARTS) is 1. The molecule has 1 aromatic heterocycles. The number of nitrogen functional groups attached to an aromatic ring is 1. The quantitative estimate of drug-likeness (QED) is 0.453. The number of hydrogen-bond acceptors (Lipinski definition) is 5. The zero-order chi connectivity index (χ0) is 22.1. The van der Waals surface area contributed by atoms with Gasteiger partial charge in [-0.2, -0.15) is 0 Å². The smallest absolute Gasteiger partial charge is 0.335 e. The Kier molecular flexibility index (Phi) is 5.16. The number of carbonyl (C=O) groups is 3. The van der Waals surface area contributed by atoms with Crippen molar-refractivity contribution in [1.29, 1.82) is 0 Å². The van der Waals surface area contributed by atoms with Crippen molar-refractivity contribution < 1.29 is 19.5 Å². The highest BCUT2D eigenvalue weighted by atomic mass is 16.4. The van der Waals surface area contributed by atoms with Crippen molar-refractivity contribution in [3.8, 4) is 5.69 Å². The molecule has 5 N–H and O–H groups in total. The number of imidazole rings is 1. The lowest BCUT2D eigenvalue weighted by molar-refractivity contribution is 0.0697. The van der Waals surface area contributed by atoms with E-state index in [1.54, 1.807) is 16.7 Å². The molecule has 4 rings (SSSR count). The van der Waals surface area contributed by atoms with E-state index in [2.05, 4.69) is 15.6 Å². The van der Waals surface area contributed by atoms with Crippen LogP contribution in [0.4, 0.5) is 16.3 Å². The minimum atomic E-state index is -1.13. The molecule has 1 aliphatic carbocycles. The molecule has 31 heavy (non-hydrogen) atoms. The van der Waals surface area contributed by atoms with E-state index in [-0.39, 0.29) is 34.7 Å². The largest absolute Gasteiger partial charge is 0.478 e. The van der Waals surface area contributed by atoms with E-state index < -0.39 is 11.8 Å². The topological polar surface area (TPSA) is 139 Å². The van der Waals surface area contributed by atoms with Gasteiger partial charge in [0.15, 0.2) is 5.69 Å². The van der Waals surface area contributed by atoms with Crippen LogP contribution in [-0.4, -0.2) is 38.5 Å². The molecule has 1 heterocycles. The molecule has 9 nitrogen and oxygen atoms in total. The second-order valence-electron chi connectivity index (χ2n) is 7.44. The number of nitrogens with two attached hydrogens (primary N) is 1. The molecule has 0 bridgehead atoms. The number of carboxylic acids is 1. The summed E-state index contributed by atoms with van der Waals surface area (Å²) in [5.74, 6) is -1.48. The van der Waals surface area contributed by atoms with Gasteiger partial charge < -0.3 is 21.5 Å². The minimum Gasteiger partial charge on any atom is -0.478 e. The molecule has 9 heteroatoms. The van der Waals surface area contributed by atoms with Crippen molar-refractivity contribution >= 4 is 29.3 Å². The Hall–Kier alpha value is -4.14. The van der Waals surface area contributed by atoms with Gasteiger partial charge in [0.25, 0.3) is 0 Å². The van der Waals surface area contributed by atoms with Crippen LogP contribution in [0.5, 0.6) is 0 Å². The second-order valence-corrected chi connectivity index (χ2v) is 7.44. The van der Waals surface area contributed by atoms with E-state index in [0.717, 1.165) is 18.4 Å². The maximum Gasteiger partial charge on any atom is 0.335 e. The van der Waals surface area contributed by atoms with Crippen molar-refractivity contribution in [2.24, 2.45) is 0 Å². The van der Waals surface area contributed by atoms with Gasteiger partial charge in [-0.1, -0.05) is 18.2 Å². The Bertz CT molecular complexity index is 1200. The van der Waals surface area contributed by atoms with Gasteiger partial charge in [0.2, 0.25) is 5.78 Å². The third-order valence-corrected chi connectivity index (χ3v) is 5.03. The molecule has 1 saturated carbocycles. The highest BCUT2D eigenvalue weighted by molar-refractivity contribution is 6.11. The number of amides is 2. The van der Waals surface area contributed by atoms with Crippen molar-refractivity contribution in [2.75, 3.05) is 11.1 Å². The van der Waals surface area contributed by atoms with Crippen molar-refractivity contribution in [3.63, 3.8) is 0 Å². The summed E-state index contributed by atoms with van der Waals surface area (Å²) in [5.41, 5.74) is 8.54. The summed E-state index contributed by atoms with van der Waals surface area (Å²) >= 11 is 0. The van der Waals surface area contributed by atoms with Gasteiger partial charge >= 0.3 is 12.0 Å². The van der Waals surface area contributed by atoms with Crippen LogP contribution in [0.2, 0.25) is 0 Å². The van der Waals surface area contributed by atoms with Gasteiger partial charge in [-0.25, -0.2) is 14.6 Å². The average Bonchev–Trinajstić information content (AvgIpc) is 3.48. The number of nitrogens with zero attached hydrogens (tertiary/aromatic N) is 2. The predicted octanol–water partition coefficient (Wildman–Crippen LogP) is 2.98. The highest BCUT2D eigenvalue weighted by Gasteiger charge is 2.23. The second kappa shape index (κ2) is 7.94. The Morgan fingerprint density at radius 2 is 1.87 bits per heavy atom. The van der Waals surface area contributed by atoms with E-state index in [9.17, 15) is 14.4 Å². The maximum absolute atomic E-state index is 12.9. The normalized spacial score (nSPS) is 12.9. The number of anilines is 2. The van der Waals surface area contributed by atoms with Crippen LogP contribution in [0, 0.1) is 6.92 Å². The monoisotopic (exact) mass is 419 g/mol. The minimum absolute atomic E-state index is 0.00273. The lowest BCUT2D eigenvalue weighted by atomic mass is 10.1. The number of nitrogens with one attached hydrogen (secondary N) is 2. The van der Waals surface area contributed by atoms with Crippen LogP contribution in [-0.2, 0) is 0 Å². The molecule has 3 aromatic rings. The molecular weight excluding hydrogens is 398 g/mol. The molecule has 0 unspecified atom stereocenters. The van der Waals surface area contributed by atoms with Crippen LogP contribution in [0.1, 0.15) is 44.8 Å². The van der Waals surface area contributed by atoms with Crippen LogP contribution >= 0.6 is 0 Å². The van der Waals surface area contributed by atoms with E-state index in [4.69, 9.17) is 10.8 Å². The predicted molar refractivity (Wildman–Crippen MR) is 115 cm³/mol.